The number of imide groups is 1. The van der Waals surface area contributed by atoms with Crippen LogP contribution in [0.4, 0.5) is 5.69 Å². The highest BCUT2D eigenvalue weighted by atomic mass is 16.2. The van der Waals surface area contributed by atoms with Gasteiger partial charge in [0.25, 0.3) is 0 Å². The summed E-state index contributed by atoms with van der Waals surface area (Å²) in [6.07, 6.45) is 2.56. The number of hydrogen-bond acceptors (Lipinski definition) is 2. The molecule has 0 N–H and O–H groups in total. The van der Waals surface area contributed by atoms with Crippen molar-refractivity contribution in [3.8, 4) is 0 Å². The second-order valence-corrected chi connectivity index (χ2v) is 7.44. The van der Waals surface area contributed by atoms with Gasteiger partial charge >= 0.3 is 0 Å². The van der Waals surface area contributed by atoms with E-state index in [2.05, 4.69) is 12.1 Å². The minimum atomic E-state index is -0.174. The number of amides is 2. The minimum Gasteiger partial charge on any atom is -0.274 e. The van der Waals surface area contributed by atoms with Gasteiger partial charge in [0.1, 0.15) is 0 Å². The molecule has 1 saturated heterocycles. The van der Waals surface area contributed by atoms with Gasteiger partial charge in [0.15, 0.2) is 0 Å². The molecule has 4 rings (SSSR count). The predicted octanol–water partition coefficient (Wildman–Crippen LogP) is 4.38. The predicted molar refractivity (Wildman–Crippen MR) is 98.4 cm³/mol. The summed E-state index contributed by atoms with van der Waals surface area (Å²) in [5.41, 5.74) is 4.17. The summed E-state index contributed by atoms with van der Waals surface area (Å²) in [4.78, 5) is 27.5. The summed E-state index contributed by atoms with van der Waals surface area (Å²) in [5, 5.41) is 0. The highest BCUT2D eigenvalue weighted by molar-refractivity contribution is 6.22. The summed E-state index contributed by atoms with van der Waals surface area (Å²) in [7, 11) is 0. The first-order valence-electron chi connectivity index (χ1n) is 9.06. The first-order valence-corrected chi connectivity index (χ1v) is 9.06. The number of anilines is 1. The second kappa shape index (κ2) is 6.14. The number of fused-ring (bicyclic) bond motifs is 1. The zero-order valence-electron chi connectivity index (χ0n) is 14.7. The van der Waals surface area contributed by atoms with Crippen molar-refractivity contribution in [3.63, 3.8) is 0 Å². The van der Waals surface area contributed by atoms with Gasteiger partial charge in [0, 0.05) is 0 Å². The minimum absolute atomic E-state index is 0.00605. The molecule has 25 heavy (non-hydrogen) atoms. The Balaban J connectivity index is 1.63. The van der Waals surface area contributed by atoms with Crippen LogP contribution in [-0.2, 0) is 9.59 Å². The van der Waals surface area contributed by atoms with E-state index in [-0.39, 0.29) is 23.7 Å². The van der Waals surface area contributed by atoms with Crippen molar-refractivity contribution in [3.05, 3.63) is 65.2 Å². The molecule has 3 nitrogen and oxygen atoms in total. The molecule has 3 atom stereocenters. The van der Waals surface area contributed by atoms with Crippen LogP contribution < -0.4 is 4.90 Å². The number of carbonyl (C=O) groups excluding carboxylic acids is 2. The first-order chi connectivity index (χ1) is 12.1. The topological polar surface area (TPSA) is 37.4 Å². The molecule has 1 heterocycles. The Kier molecular flexibility index (Phi) is 3.95. The zero-order valence-corrected chi connectivity index (χ0v) is 14.7. The molecular formula is C22H23NO2. The van der Waals surface area contributed by atoms with Gasteiger partial charge in [0.05, 0.1) is 17.5 Å². The van der Waals surface area contributed by atoms with Crippen molar-refractivity contribution in [2.45, 2.75) is 39.0 Å². The molecule has 128 valence electrons. The molecule has 1 aliphatic carbocycles. The van der Waals surface area contributed by atoms with E-state index in [0.717, 1.165) is 36.1 Å². The van der Waals surface area contributed by atoms with E-state index in [0.29, 0.717) is 5.92 Å². The van der Waals surface area contributed by atoms with Gasteiger partial charge in [-0.25, -0.2) is 4.90 Å². The Labute approximate surface area is 148 Å². The molecule has 2 aromatic carbocycles. The first kappa shape index (κ1) is 16.1. The number of rotatable bonds is 2. The summed E-state index contributed by atoms with van der Waals surface area (Å²) in [6.45, 7) is 3.99. The molecule has 2 aromatic rings. The van der Waals surface area contributed by atoms with Crippen molar-refractivity contribution < 1.29 is 9.59 Å². The van der Waals surface area contributed by atoms with Gasteiger partial charge < -0.3 is 0 Å². The molecule has 0 bridgehead atoms. The maximum Gasteiger partial charge on any atom is 0.237 e. The zero-order chi connectivity index (χ0) is 17.6. The van der Waals surface area contributed by atoms with E-state index in [1.165, 1.54) is 10.5 Å². The Bertz CT molecular complexity index is 827. The molecule has 0 unspecified atom stereocenters. The number of benzene rings is 2. The summed E-state index contributed by atoms with van der Waals surface area (Å²) in [6, 6.07) is 16.3. The SMILES string of the molecule is Cc1ccc(N2C(=O)[C@@H]3CC[C@H](c4ccccc4)C[C@H]3C2=O)c(C)c1. The van der Waals surface area contributed by atoms with E-state index in [1.54, 1.807) is 0 Å². The molecule has 2 aliphatic rings. The Morgan fingerprint density at radius 1 is 0.880 bits per heavy atom. The molecule has 3 heteroatoms. The highest BCUT2D eigenvalue weighted by Crippen LogP contribution is 2.46. The second-order valence-electron chi connectivity index (χ2n) is 7.44. The number of nitrogens with zero attached hydrogens (tertiary/aromatic N) is 1. The van der Waals surface area contributed by atoms with Crippen molar-refractivity contribution in [1.82, 2.24) is 0 Å². The molecule has 0 radical (unpaired) electrons. The normalized spacial score (nSPS) is 26.0. The van der Waals surface area contributed by atoms with Gasteiger partial charge in [-0.05, 0) is 56.2 Å². The van der Waals surface area contributed by atoms with Crippen LogP contribution in [0.25, 0.3) is 0 Å². The summed E-state index contributed by atoms with van der Waals surface area (Å²) in [5.74, 6) is 0.0367. The Morgan fingerprint density at radius 2 is 1.60 bits per heavy atom. The third-order valence-electron chi connectivity index (χ3n) is 5.79. The van der Waals surface area contributed by atoms with Crippen LogP contribution in [0.2, 0.25) is 0 Å². The van der Waals surface area contributed by atoms with Crippen molar-refractivity contribution >= 4 is 17.5 Å². The van der Waals surface area contributed by atoms with E-state index in [1.807, 2.05) is 50.2 Å². The molecule has 0 spiro atoms. The van der Waals surface area contributed by atoms with Crippen LogP contribution in [-0.4, -0.2) is 11.8 Å². The van der Waals surface area contributed by atoms with Gasteiger partial charge in [-0.2, -0.15) is 0 Å². The fourth-order valence-corrected chi connectivity index (χ4v) is 4.50. The van der Waals surface area contributed by atoms with Crippen LogP contribution in [0.5, 0.6) is 0 Å². The average molecular weight is 333 g/mol. The maximum atomic E-state index is 13.1. The standard InChI is InChI=1S/C22H23NO2/c1-14-8-11-20(15(2)12-14)23-21(24)18-10-9-17(13-19(18)22(23)25)16-6-4-3-5-7-16/h3-8,11-12,17-19H,9-10,13H2,1-2H3/t17-,18+,19+/m0/s1. The van der Waals surface area contributed by atoms with E-state index >= 15 is 0 Å². The maximum absolute atomic E-state index is 13.1. The third-order valence-corrected chi connectivity index (χ3v) is 5.79. The molecule has 2 fully saturated rings. The van der Waals surface area contributed by atoms with Crippen LogP contribution >= 0.6 is 0 Å². The van der Waals surface area contributed by atoms with Crippen molar-refractivity contribution in [1.29, 1.82) is 0 Å². The van der Waals surface area contributed by atoms with Crippen LogP contribution in [0.3, 0.4) is 0 Å². The number of aryl methyl sites for hydroxylation is 2. The van der Waals surface area contributed by atoms with E-state index < -0.39 is 0 Å². The number of hydrogen-bond donors (Lipinski definition) is 0. The van der Waals surface area contributed by atoms with Gasteiger partial charge in [-0.1, -0.05) is 48.0 Å². The molecular weight excluding hydrogens is 310 g/mol. The van der Waals surface area contributed by atoms with Crippen molar-refractivity contribution in [2.75, 3.05) is 4.90 Å². The third kappa shape index (κ3) is 2.68. The van der Waals surface area contributed by atoms with E-state index in [9.17, 15) is 9.59 Å². The molecule has 1 aliphatic heterocycles. The van der Waals surface area contributed by atoms with Gasteiger partial charge in [-0.3, -0.25) is 9.59 Å². The molecule has 1 saturated carbocycles. The fraction of sp³-hybridized carbons (Fsp3) is 0.364. The van der Waals surface area contributed by atoms with E-state index in [4.69, 9.17) is 0 Å². The quantitative estimate of drug-likeness (QED) is 0.765. The Hall–Kier alpha value is -2.42. The van der Waals surface area contributed by atoms with Gasteiger partial charge in [-0.15, -0.1) is 0 Å². The lowest BCUT2D eigenvalue weighted by atomic mass is 9.73. The molecule has 0 aromatic heterocycles. The monoisotopic (exact) mass is 333 g/mol. The lowest BCUT2D eigenvalue weighted by molar-refractivity contribution is -0.122. The lowest BCUT2D eigenvalue weighted by Gasteiger charge is -2.28. The highest BCUT2D eigenvalue weighted by Gasteiger charge is 2.50. The van der Waals surface area contributed by atoms with Crippen molar-refractivity contribution in [2.24, 2.45) is 11.8 Å². The number of carbonyl (C=O) groups is 2. The summed E-state index contributed by atoms with van der Waals surface area (Å²) >= 11 is 0. The van der Waals surface area contributed by atoms with Crippen LogP contribution in [0.1, 0.15) is 41.9 Å². The average Bonchev–Trinajstić information content (AvgIpc) is 2.87. The van der Waals surface area contributed by atoms with Gasteiger partial charge in [0.2, 0.25) is 11.8 Å². The molecule has 2 amide bonds. The lowest BCUT2D eigenvalue weighted by Crippen LogP contribution is -2.31. The summed E-state index contributed by atoms with van der Waals surface area (Å²) < 4.78 is 0. The fourth-order valence-electron chi connectivity index (χ4n) is 4.50. The largest absolute Gasteiger partial charge is 0.274 e. The smallest absolute Gasteiger partial charge is 0.237 e. The van der Waals surface area contributed by atoms with Crippen LogP contribution in [0, 0.1) is 25.7 Å². The Morgan fingerprint density at radius 3 is 2.32 bits per heavy atom. The van der Waals surface area contributed by atoms with Crippen LogP contribution in [0.15, 0.2) is 48.5 Å².